The molecule has 2 aromatic rings. The number of carboxylic acids is 1. The van der Waals surface area contributed by atoms with E-state index in [1.54, 1.807) is 0 Å². The van der Waals surface area contributed by atoms with E-state index in [4.69, 9.17) is 21.4 Å². The number of nitrogens with zero attached hydrogens (tertiary/aromatic N) is 2. The van der Waals surface area contributed by atoms with E-state index in [-0.39, 0.29) is 27.7 Å². The number of anilines is 1. The molecular formula is C19H12ClN3O8. The number of hydrogen-bond acceptors (Lipinski definition) is 7. The predicted molar refractivity (Wildman–Crippen MR) is 107 cm³/mol. The molecule has 2 aromatic carbocycles. The number of non-ortho nitro benzene ring substituents is 1. The molecule has 1 heterocycles. The summed E-state index contributed by atoms with van der Waals surface area (Å²) in [5, 5.41) is 22.0. The Kier molecular flexibility index (Phi) is 5.97. The number of carbonyl (C=O) groups excluding carboxylic acids is 3. The topological polar surface area (TPSA) is 156 Å². The molecule has 31 heavy (non-hydrogen) atoms. The second kappa shape index (κ2) is 8.63. The molecule has 2 N–H and O–H groups in total. The summed E-state index contributed by atoms with van der Waals surface area (Å²) in [7, 11) is 0. The average Bonchev–Trinajstić information content (AvgIpc) is 2.70. The van der Waals surface area contributed by atoms with Gasteiger partial charge in [-0.25, -0.2) is 14.5 Å². The number of benzene rings is 2. The summed E-state index contributed by atoms with van der Waals surface area (Å²) in [6.07, 6.45) is 1.08. The van der Waals surface area contributed by atoms with Crippen LogP contribution in [-0.2, 0) is 14.4 Å². The third-order valence-electron chi connectivity index (χ3n) is 4.02. The zero-order valence-electron chi connectivity index (χ0n) is 15.4. The van der Waals surface area contributed by atoms with E-state index < -0.39 is 40.9 Å². The summed E-state index contributed by atoms with van der Waals surface area (Å²) in [4.78, 5) is 59.2. The number of nitro groups is 1. The highest BCUT2D eigenvalue weighted by Crippen LogP contribution is 2.29. The van der Waals surface area contributed by atoms with E-state index in [0.29, 0.717) is 4.90 Å². The number of ether oxygens (including phenoxy) is 1. The Morgan fingerprint density at radius 2 is 1.97 bits per heavy atom. The third kappa shape index (κ3) is 4.67. The van der Waals surface area contributed by atoms with Crippen molar-refractivity contribution in [3.63, 3.8) is 0 Å². The molecule has 0 radical (unpaired) electrons. The van der Waals surface area contributed by atoms with Gasteiger partial charge in [-0.2, -0.15) is 0 Å². The van der Waals surface area contributed by atoms with Gasteiger partial charge in [0.1, 0.15) is 11.3 Å². The van der Waals surface area contributed by atoms with Gasteiger partial charge in [-0.3, -0.25) is 25.0 Å². The second-order valence-electron chi connectivity index (χ2n) is 6.10. The van der Waals surface area contributed by atoms with Crippen molar-refractivity contribution in [2.75, 3.05) is 11.5 Å². The monoisotopic (exact) mass is 445 g/mol. The van der Waals surface area contributed by atoms with Gasteiger partial charge in [0.15, 0.2) is 6.61 Å². The Labute approximate surface area is 178 Å². The zero-order valence-corrected chi connectivity index (χ0v) is 16.2. The van der Waals surface area contributed by atoms with Crippen molar-refractivity contribution in [2.45, 2.75) is 0 Å². The quantitative estimate of drug-likeness (QED) is 0.297. The lowest BCUT2D eigenvalue weighted by Gasteiger charge is -2.26. The number of imide groups is 2. The normalized spacial score (nSPS) is 15.1. The minimum atomic E-state index is -1.25. The number of barbiturate groups is 1. The van der Waals surface area contributed by atoms with Crippen LogP contribution < -0.4 is 15.0 Å². The number of nitrogens with one attached hydrogen (secondary N) is 1. The van der Waals surface area contributed by atoms with Crippen LogP contribution in [0.2, 0.25) is 5.02 Å². The highest BCUT2D eigenvalue weighted by molar-refractivity contribution is 6.39. The van der Waals surface area contributed by atoms with Gasteiger partial charge in [0.25, 0.3) is 17.5 Å². The number of carboxylic acid groups (broad SMARTS) is 1. The molecule has 3 rings (SSSR count). The zero-order chi connectivity index (χ0) is 22.7. The van der Waals surface area contributed by atoms with E-state index in [1.807, 2.05) is 5.32 Å². The lowest BCUT2D eigenvalue weighted by atomic mass is 10.1. The van der Waals surface area contributed by atoms with Crippen molar-refractivity contribution in [2.24, 2.45) is 0 Å². The largest absolute Gasteiger partial charge is 0.481 e. The molecule has 1 aliphatic heterocycles. The first kappa shape index (κ1) is 21.5. The van der Waals surface area contributed by atoms with Gasteiger partial charge in [0.05, 0.1) is 10.6 Å². The molecule has 1 fully saturated rings. The molecule has 0 aromatic heterocycles. The first-order valence-electron chi connectivity index (χ1n) is 8.47. The maximum Gasteiger partial charge on any atom is 0.341 e. The molecule has 0 aliphatic carbocycles. The number of urea groups is 1. The fourth-order valence-corrected chi connectivity index (χ4v) is 2.88. The van der Waals surface area contributed by atoms with E-state index in [2.05, 4.69) is 0 Å². The number of amides is 4. The number of aliphatic carboxylic acids is 1. The molecular weight excluding hydrogens is 434 g/mol. The van der Waals surface area contributed by atoms with E-state index in [0.717, 1.165) is 12.1 Å². The van der Waals surface area contributed by atoms with Crippen molar-refractivity contribution in [1.29, 1.82) is 0 Å². The maximum atomic E-state index is 12.9. The Morgan fingerprint density at radius 1 is 1.23 bits per heavy atom. The minimum absolute atomic E-state index is 0.0266. The Bertz CT molecular complexity index is 1160. The number of halogens is 1. The summed E-state index contributed by atoms with van der Waals surface area (Å²) < 4.78 is 5.14. The molecule has 1 saturated heterocycles. The predicted octanol–water partition coefficient (Wildman–Crippen LogP) is 2.38. The van der Waals surface area contributed by atoms with Crippen LogP contribution in [0.3, 0.4) is 0 Å². The lowest BCUT2D eigenvalue weighted by Crippen LogP contribution is -2.54. The number of hydrogen-bond donors (Lipinski definition) is 2. The van der Waals surface area contributed by atoms with Crippen LogP contribution >= 0.6 is 11.6 Å². The molecule has 158 valence electrons. The van der Waals surface area contributed by atoms with Crippen LogP contribution in [0.15, 0.2) is 48.0 Å². The molecule has 0 atom stereocenters. The van der Waals surface area contributed by atoms with Crippen molar-refractivity contribution in [3.05, 3.63) is 68.7 Å². The van der Waals surface area contributed by atoms with Crippen LogP contribution in [0.5, 0.6) is 5.75 Å². The second-order valence-corrected chi connectivity index (χ2v) is 6.54. The molecule has 4 amide bonds. The van der Waals surface area contributed by atoms with E-state index >= 15 is 0 Å². The third-order valence-corrected chi connectivity index (χ3v) is 4.26. The van der Waals surface area contributed by atoms with Gasteiger partial charge in [0, 0.05) is 22.7 Å². The van der Waals surface area contributed by atoms with Crippen molar-refractivity contribution < 1.29 is 33.9 Å². The van der Waals surface area contributed by atoms with Crippen LogP contribution in [-0.4, -0.2) is 40.5 Å². The molecule has 0 saturated carbocycles. The first-order valence-corrected chi connectivity index (χ1v) is 8.85. The van der Waals surface area contributed by atoms with E-state index in [9.17, 15) is 29.3 Å². The highest BCUT2D eigenvalue weighted by Gasteiger charge is 2.37. The molecule has 0 spiro atoms. The van der Waals surface area contributed by atoms with Gasteiger partial charge in [-0.05, 0) is 30.3 Å². The smallest absolute Gasteiger partial charge is 0.341 e. The minimum Gasteiger partial charge on any atom is -0.481 e. The van der Waals surface area contributed by atoms with Crippen LogP contribution in [0.25, 0.3) is 6.08 Å². The Hall–Kier alpha value is -4.25. The standard InChI is InChI=1S/C19H12ClN3O8/c20-11-4-5-15(31-9-16(24)25)10(6-11)7-14-17(26)21-19(28)22(18(14)27)12-2-1-3-13(8-12)23(29)30/h1-8H,9H2,(H,24,25)(H,21,26,28)/b14-7+. The number of nitro benzene ring substituents is 1. The van der Waals surface area contributed by atoms with Gasteiger partial charge in [0.2, 0.25) is 0 Å². The summed E-state index contributed by atoms with van der Waals surface area (Å²) in [6.45, 7) is -0.684. The van der Waals surface area contributed by atoms with Crippen molar-refractivity contribution >= 4 is 52.9 Å². The maximum absolute atomic E-state index is 12.9. The Morgan fingerprint density at radius 3 is 2.65 bits per heavy atom. The molecule has 1 aliphatic rings. The lowest BCUT2D eigenvalue weighted by molar-refractivity contribution is -0.384. The van der Waals surface area contributed by atoms with Crippen LogP contribution in [0, 0.1) is 10.1 Å². The fraction of sp³-hybridized carbons (Fsp3) is 0.0526. The number of rotatable bonds is 6. The van der Waals surface area contributed by atoms with Crippen molar-refractivity contribution in [1.82, 2.24) is 5.32 Å². The summed E-state index contributed by atoms with van der Waals surface area (Å²) in [5.41, 5.74) is -0.864. The fourth-order valence-electron chi connectivity index (χ4n) is 2.70. The summed E-state index contributed by atoms with van der Waals surface area (Å²) in [6, 6.07) is 7.78. The van der Waals surface area contributed by atoms with E-state index in [1.165, 1.54) is 36.4 Å². The molecule has 12 heteroatoms. The SMILES string of the molecule is O=C(O)COc1ccc(Cl)cc1/C=C1\C(=O)NC(=O)N(c2cccc([N+](=O)[O-])c2)C1=O. The van der Waals surface area contributed by atoms with Gasteiger partial charge in [-0.1, -0.05) is 17.7 Å². The van der Waals surface area contributed by atoms with Gasteiger partial charge in [-0.15, -0.1) is 0 Å². The Balaban J connectivity index is 2.04. The van der Waals surface area contributed by atoms with Gasteiger partial charge < -0.3 is 9.84 Å². The molecule has 0 unspecified atom stereocenters. The average molecular weight is 446 g/mol. The molecule has 0 bridgehead atoms. The van der Waals surface area contributed by atoms with Crippen molar-refractivity contribution in [3.8, 4) is 5.75 Å². The molecule has 11 nitrogen and oxygen atoms in total. The highest BCUT2D eigenvalue weighted by atomic mass is 35.5. The van der Waals surface area contributed by atoms with Gasteiger partial charge >= 0.3 is 12.0 Å². The van der Waals surface area contributed by atoms with Crippen LogP contribution in [0.1, 0.15) is 5.56 Å². The first-order chi connectivity index (χ1) is 14.7. The summed E-state index contributed by atoms with van der Waals surface area (Å²) >= 11 is 5.95. The van der Waals surface area contributed by atoms with Crippen LogP contribution in [0.4, 0.5) is 16.2 Å². The number of carbonyl (C=O) groups is 4. The summed E-state index contributed by atoms with van der Waals surface area (Å²) in [5.74, 6) is -3.28.